The average molecular weight is 328 g/mol. The smallest absolute Gasteiger partial charge is 0.306 e. The van der Waals surface area contributed by atoms with E-state index in [9.17, 15) is 9.59 Å². The molecule has 0 aliphatic carbocycles. The van der Waals surface area contributed by atoms with Gasteiger partial charge in [0.2, 0.25) is 5.91 Å². The van der Waals surface area contributed by atoms with Gasteiger partial charge in [0.15, 0.2) is 0 Å². The Balaban J connectivity index is 1.87. The third-order valence-corrected chi connectivity index (χ3v) is 5.47. The van der Waals surface area contributed by atoms with Gasteiger partial charge in [0.05, 0.1) is 19.1 Å². The van der Waals surface area contributed by atoms with Crippen LogP contribution in [-0.2, 0) is 14.3 Å². The first-order chi connectivity index (χ1) is 10.7. The standard InChI is InChI=1S/C16H28N2O3S/c1-2-21-16(20)7-6-15(19)18-10-5-11-22-13-14(18)12-17-8-3-4-9-17/h14H,2-13H2,1H3/t14-/m0/s1. The largest absolute Gasteiger partial charge is 0.466 e. The van der Waals surface area contributed by atoms with E-state index in [4.69, 9.17) is 4.74 Å². The van der Waals surface area contributed by atoms with E-state index in [1.54, 1.807) is 6.92 Å². The number of esters is 1. The van der Waals surface area contributed by atoms with Crippen molar-refractivity contribution >= 4 is 23.6 Å². The average Bonchev–Trinajstić information content (AvgIpc) is 2.90. The van der Waals surface area contributed by atoms with Gasteiger partial charge in [-0.3, -0.25) is 9.59 Å². The summed E-state index contributed by atoms with van der Waals surface area (Å²) in [5.41, 5.74) is 0. The third kappa shape index (κ3) is 5.47. The molecule has 2 saturated heterocycles. The van der Waals surface area contributed by atoms with Crippen LogP contribution in [0.15, 0.2) is 0 Å². The first kappa shape index (κ1) is 17.6. The fourth-order valence-corrected chi connectivity index (χ4v) is 4.21. The minimum atomic E-state index is -0.267. The van der Waals surface area contributed by atoms with Crippen LogP contribution in [0.2, 0.25) is 0 Å². The molecule has 22 heavy (non-hydrogen) atoms. The van der Waals surface area contributed by atoms with Gasteiger partial charge in [-0.15, -0.1) is 0 Å². The number of thioether (sulfide) groups is 1. The molecule has 5 nitrogen and oxygen atoms in total. The third-order valence-electron chi connectivity index (χ3n) is 4.27. The Morgan fingerprint density at radius 2 is 1.91 bits per heavy atom. The Morgan fingerprint density at radius 1 is 1.14 bits per heavy atom. The molecular formula is C16H28N2O3S. The van der Waals surface area contributed by atoms with Gasteiger partial charge in [-0.2, -0.15) is 11.8 Å². The van der Waals surface area contributed by atoms with E-state index in [1.165, 1.54) is 12.8 Å². The Kier molecular flexibility index (Phi) is 7.52. The summed E-state index contributed by atoms with van der Waals surface area (Å²) in [4.78, 5) is 28.5. The van der Waals surface area contributed by atoms with Crippen molar-refractivity contribution in [2.75, 3.05) is 44.3 Å². The van der Waals surface area contributed by atoms with Crippen LogP contribution in [-0.4, -0.2) is 72.0 Å². The number of ether oxygens (including phenoxy) is 1. The Hall–Kier alpha value is -0.750. The van der Waals surface area contributed by atoms with Crippen molar-refractivity contribution < 1.29 is 14.3 Å². The minimum Gasteiger partial charge on any atom is -0.466 e. The van der Waals surface area contributed by atoms with Crippen LogP contribution in [0.4, 0.5) is 0 Å². The van der Waals surface area contributed by atoms with Crippen molar-refractivity contribution in [2.45, 2.75) is 45.1 Å². The molecule has 0 spiro atoms. The number of rotatable bonds is 6. The summed E-state index contributed by atoms with van der Waals surface area (Å²) in [5.74, 6) is 1.98. The van der Waals surface area contributed by atoms with Crippen molar-refractivity contribution in [3.05, 3.63) is 0 Å². The van der Waals surface area contributed by atoms with Gasteiger partial charge in [0.25, 0.3) is 0 Å². The fraction of sp³-hybridized carbons (Fsp3) is 0.875. The van der Waals surface area contributed by atoms with Gasteiger partial charge in [0.1, 0.15) is 0 Å². The van der Waals surface area contributed by atoms with Crippen molar-refractivity contribution in [3.63, 3.8) is 0 Å². The topological polar surface area (TPSA) is 49.9 Å². The molecule has 0 bridgehead atoms. The van der Waals surface area contributed by atoms with Crippen molar-refractivity contribution in [1.29, 1.82) is 0 Å². The maximum absolute atomic E-state index is 12.5. The Bertz CT molecular complexity index is 372. The minimum absolute atomic E-state index is 0.111. The molecule has 2 heterocycles. The predicted molar refractivity (Wildman–Crippen MR) is 89.0 cm³/mol. The summed E-state index contributed by atoms with van der Waals surface area (Å²) in [7, 11) is 0. The van der Waals surface area contributed by atoms with Crippen molar-refractivity contribution in [3.8, 4) is 0 Å². The molecule has 1 amide bonds. The van der Waals surface area contributed by atoms with Gasteiger partial charge in [0, 0.05) is 25.3 Å². The molecule has 0 aromatic carbocycles. The van der Waals surface area contributed by atoms with Crippen LogP contribution in [0.25, 0.3) is 0 Å². The second-order valence-corrected chi connectivity index (χ2v) is 7.13. The lowest BCUT2D eigenvalue weighted by atomic mass is 10.2. The van der Waals surface area contributed by atoms with Crippen LogP contribution in [0, 0.1) is 0 Å². The monoisotopic (exact) mass is 328 g/mol. The zero-order valence-electron chi connectivity index (χ0n) is 13.6. The van der Waals surface area contributed by atoms with Gasteiger partial charge < -0.3 is 14.5 Å². The summed E-state index contributed by atoms with van der Waals surface area (Å²) in [6.07, 6.45) is 4.08. The van der Waals surface area contributed by atoms with Gasteiger partial charge >= 0.3 is 5.97 Å². The Labute approximate surface area is 137 Å². The van der Waals surface area contributed by atoms with Crippen molar-refractivity contribution in [2.24, 2.45) is 0 Å². The molecule has 1 atom stereocenters. The molecule has 0 aromatic heterocycles. The van der Waals surface area contributed by atoms with Crippen LogP contribution < -0.4 is 0 Å². The van der Waals surface area contributed by atoms with Gasteiger partial charge in [-0.25, -0.2) is 0 Å². The molecule has 2 aliphatic rings. The number of hydrogen-bond acceptors (Lipinski definition) is 5. The summed E-state index contributed by atoms with van der Waals surface area (Å²) >= 11 is 1.95. The maximum atomic E-state index is 12.5. The molecule has 0 radical (unpaired) electrons. The first-order valence-corrected chi connectivity index (χ1v) is 9.61. The number of carbonyl (C=O) groups is 2. The highest BCUT2D eigenvalue weighted by molar-refractivity contribution is 7.99. The predicted octanol–water partition coefficient (Wildman–Crippen LogP) is 1.76. The zero-order valence-corrected chi connectivity index (χ0v) is 14.4. The van der Waals surface area contributed by atoms with Crippen molar-refractivity contribution in [1.82, 2.24) is 9.80 Å². The SMILES string of the molecule is CCOC(=O)CCC(=O)N1CCCSC[C@@H]1CN1CCCC1. The molecule has 2 fully saturated rings. The lowest BCUT2D eigenvalue weighted by molar-refractivity contribution is -0.146. The number of nitrogens with zero attached hydrogens (tertiary/aromatic N) is 2. The van der Waals surface area contributed by atoms with E-state index in [1.807, 2.05) is 16.7 Å². The molecule has 0 N–H and O–H groups in total. The molecular weight excluding hydrogens is 300 g/mol. The number of carbonyl (C=O) groups excluding carboxylic acids is 2. The number of hydrogen-bond donors (Lipinski definition) is 0. The molecule has 2 aliphatic heterocycles. The first-order valence-electron chi connectivity index (χ1n) is 8.46. The van der Waals surface area contributed by atoms with E-state index in [0.29, 0.717) is 12.6 Å². The molecule has 126 valence electrons. The van der Waals surface area contributed by atoms with Crippen LogP contribution >= 0.6 is 11.8 Å². The second kappa shape index (κ2) is 9.40. The molecule has 0 saturated carbocycles. The molecule has 2 rings (SSSR count). The highest BCUT2D eigenvalue weighted by Crippen LogP contribution is 2.20. The summed E-state index contributed by atoms with van der Waals surface area (Å²) in [6.45, 7) is 6.30. The number of amides is 1. The van der Waals surface area contributed by atoms with E-state index in [2.05, 4.69) is 4.90 Å². The highest BCUT2D eigenvalue weighted by atomic mass is 32.2. The zero-order chi connectivity index (χ0) is 15.8. The summed E-state index contributed by atoms with van der Waals surface area (Å²) in [6, 6.07) is 0.292. The highest BCUT2D eigenvalue weighted by Gasteiger charge is 2.28. The van der Waals surface area contributed by atoms with Crippen LogP contribution in [0.5, 0.6) is 0 Å². The molecule has 6 heteroatoms. The van der Waals surface area contributed by atoms with E-state index < -0.39 is 0 Å². The molecule has 0 unspecified atom stereocenters. The normalized spacial score (nSPS) is 23.3. The van der Waals surface area contributed by atoms with Gasteiger partial charge in [-0.05, 0) is 45.0 Å². The maximum Gasteiger partial charge on any atom is 0.306 e. The summed E-state index contributed by atoms with van der Waals surface area (Å²) < 4.78 is 4.92. The van der Waals surface area contributed by atoms with E-state index in [-0.39, 0.29) is 24.7 Å². The number of likely N-dealkylation sites (tertiary alicyclic amines) is 1. The van der Waals surface area contributed by atoms with Gasteiger partial charge in [-0.1, -0.05) is 0 Å². The lowest BCUT2D eigenvalue weighted by Gasteiger charge is -2.32. The lowest BCUT2D eigenvalue weighted by Crippen LogP contribution is -2.47. The van der Waals surface area contributed by atoms with Crippen LogP contribution in [0.3, 0.4) is 0 Å². The molecule has 0 aromatic rings. The summed E-state index contributed by atoms with van der Waals surface area (Å²) in [5, 5.41) is 0. The quantitative estimate of drug-likeness (QED) is 0.696. The second-order valence-electron chi connectivity index (χ2n) is 5.98. The van der Waals surface area contributed by atoms with E-state index in [0.717, 1.165) is 44.1 Å². The fourth-order valence-electron chi connectivity index (χ4n) is 3.16. The van der Waals surface area contributed by atoms with Crippen LogP contribution in [0.1, 0.15) is 39.0 Å². The Morgan fingerprint density at radius 3 is 2.64 bits per heavy atom. The van der Waals surface area contributed by atoms with E-state index >= 15 is 0 Å².